The summed E-state index contributed by atoms with van der Waals surface area (Å²) in [4.78, 5) is 54.4. The average Bonchev–Trinajstić information content (AvgIpc) is 4.08. The number of hydrogen-bond acceptors (Lipinski definition) is 13. The van der Waals surface area contributed by atoms with Crippen LogP contribution in [0.25, 0.3) is 112 Å². The first-order valence-corrected chi connectivity index (χ1v) is 24.9. The number of fused-ring (bicyclic) bond motifs is 6. The van der Waals surface area contributed by atoms with Crippen LogP contribution < -0.4 is 0 Å². The van der Waals surface area contributed by atoms with Gasteiger partial charge in [0.1, 0.15) is 52.7 Å². The topological polar surface area (TPSA) is 188 Å². The lowest BCUT2D eigenvalue weighted by molar-refractivity contribution is -0.143. The maximum absolute atomic E-state index is 15.1. The van der Waals surface area contributed by atoms with Crippen LogP contribution in [-0.4, -0.2) is 68.9 Å². The fraction of sp³-hybridized carbons (Fsp3) is 0.169. The molecule has 0 saturated heterocycles. The molecule has 0 radical (unpaired) electrons. The zero-order valence-electron chi connectivity index (χ0n) is 43.8. The molecule has 0 unspecified atom stereocenters. The van der Waals surface area contributed by atoms with Crippen molar-refractivity contribution >= 4 is 43.6 Å². The van der Waals surface area contributed by atoms with Crippen LogP contribution in [0.5, 0.6) is 0 Å². The van der Waals surface area contributed by atoms with Crippen molar-refractivity contribution in [2.75, 3.05) is 0 Å². The van der Waals surface area contributed by atoms with Crippen molar-refractivity contribution in [1.29, 1.82) is 5.26 Å². The molecule has 0 N–H and O–H groups in total. The number of nitrogens with zero attached hydrogens (tertiary/aromatic N) is 15. The minimum absolute atomic E-state index is 0.00480. The van der Waals surface area contributed by atoms with Crippen LogP contribution >= 0.6 is 0 Å². The minimum atomic E-state index is -5.22. The molecule has 0 fully saturated rings. The summed E-state index contributed by atoms with van der Waals surface area (Å²) in [6.07, 6.45) is -10.4. The van der Waals surface area contributed by atoms with E-state index in [-0.39, 0.29) is 28.6 Å². The molecule has 0 atom stereocenters. The number of nitriles is 1. The molecule has 0 bridgehead atoms. The summed E-state index contributed by atoms with van der Waals surface area (Å²) < 4.78 is 94.2. The maximum atomic E-state index is 15.1. The Bertz CT molecular complexity index is 4320. The molecule has 0 aliphatic carbocycles. The van der Waals surface area contributed by atoms with E-state index in [0.717, 1.165) is 0 Å². The third kappa shape index (κ3) is 9.03. The van der Waals surface area contributed by atoms with Crippen molar-refractivity contribution in [3.8, 4) is 74.1 Å². The molecule has 0 saturated carbocycles. The van der Waals surface area contributed by atoms with Crippen LogP contribution in [0.1, 0.15) is 63.3 Å². The van der Waals surface area contributed by atoms with Crippen LogP contribution in [0.15, 0.2) is 103 Å². The molecule has 15 nitrogen and oxygen atoms in total. The van der Waals surface area contributed by atoms with E-state index in [0.29, 0.717) is 148 Å². The van der Waals surface area contributed by atoms with Gasteiger partial charge < -0.3 is 9.13 Å². The molecule has 12 rings (SSSR count). The molecule has 6 aromatic heterocycles. The third-order valence-corrected chi connectivity index (χ3v) is 13.6. The highest BCUT2D eigenvalue weighted by Gasteiger charge is 2.38. The quantitative estimate of drug-likeness (QED) is 0.137. The summed E-state index contributed by atoms with van der Waals surface area (Å²) in [6, 6.07) is 28.8. The predicted octanol–water partition coefficient (Wildman–Crippen LogP) is 13.3. The van der Waals surface area contributed by atoms with Gasteiger partial charge in [-0.25, -0.2) is 59.8 Å². The summed E-state index contributed by atoms with van der Waals surface area (Å²) >= 11 is 0. The van der Waals surface area contributed by atoms with Gasteiger partial charge >= 0.3 is 12.4 Å². The van der Waals surface area contributed by atoms with E-state index in [1.807, 2.05) is 60.7 Å². The normalized spacial score (nSPS) is 12.1. The van der Waals surface area contributed by atoms with Crippen molar-refractivity contribution in [1.82, 2.24) is 68.9 Å². The van der Waals surface area contributed by atoms with Crippen molar-refractivity contribution in [2.24, 2.45) is 0 Å². The minimum Gasteiger partial charge on any atom is -0.309 e. The molecule has 80 heavy (non-hydrogen) atoms. The zero-order chi connectivity index (χ0) is 56.3. The van der Waals surface area contributed by atoms with Gasteiger partial charge in [-0.3, -0.25) is 0 Å². The van der Waals surface area contributed by atoms with Gasteiger partial charge in [0.25, 0.3) is 0 Å². The number of aryl methyl sites for hydroxylation is 8. The van der Waals surface area contributed by atoms with Gasteiger partial charge in [0, 0.05) is 49.4 Å². The van der Waals surface area contributed by atoms with Crippen LogP contribution in [0.3, 0.4) is 0 Å². The lowest BCUT2D eigenvalue weighted by atomic mass is 9.95. The van der Waals surface area contributed by atoms with E-state index in [4.69, 9.17) is 0 Å². The first kappa shape index (κ1) is 50.8. The Hall–Kier alpha value is -9.97. The highest BCUT2D eigenvalue weighted by Crippen LogP contribution is 2.46. The van der Waals surface area contributed by atoms with Crippen molar-refractivity contribution in [3.05, 3.63) is 166 Å². The summed E-state index contributed by atoms with van der Waals surface area (Å²) in [5, 5.41) is 14.2. The zero-order valence-corrected chi connectivity index (χ0v) is 43.8. The van der Waals surface area contributed by atoms with Crippen molar-refractivity contribution < 1.29 is 26.3 Å². The molecule has 6 heterocycles. The number of rotatable bonds is 7. The molecule has 394 valence electrons. The first-order valence-electron chi connectivity index (χ1n) is 24.9. The highest BCUT2D eigenvalue weighted by molar-refractivity contribution is 6.13. The van der Waals surface area contributed by atoms with Gasteiger partial charge in [-0.2, -0.15) is 31.6 Å². The summed E-state index contributed by atoms with van der Waals surface area (Å²) in [6.45, 7) is 13.9. The number of aromatic nitrogens is 14. The van der Waals surface area contributed by atoms with Gasteiger partial charge in [0.2, 0.25) is 0 Å². The third-order valence-electron chi connectivity index (χ3n) is 13.6. The van der Waals surface area contributed by atoms with Crippen LogP contribution in [0.2, 0.25) is 0 Å². The molecule has 0 aliphatic heterocycles. The molecule has 6 aromatic carbocycles. The fourth-order valence-electron chi connectivity index (χ4n) is 10.5. The Morgan fingerprint density at radius 3 is 0.900 bits per heavy atom. The lowest BCUT2D eigenvalue weighted by Gasteiger charge is -2.21. The maximum Gasteiger partial charge on any atom is 0.416 e. The largest absolute Gasteiger partial charge is 0.416 e. The second-order valence-electron chi connectivity index (χ2n) is 19.4. The van der Waals surface area contributed by atoms with E-state index in [1.54, 1.807) is 76.7 Å². The summed E-state index contributed by atoms with van der Waals surface area (Å²) in [5.74, 6) is 4.99. The van der Waals surface area contributed by atoms with Crippen LogP contribution in [0.4, 0.5) is 26.3 Å². The molecule has 0 amide bonds. The van der Waals surface area contributed by atoms with Gasteiger partial charge in [0.15, 0.2) is 23.3 Å². The van der Waals surface area contributed by atoms with Gasteiger partial charge in [-0.15, -0.1) is 0 Å². The Morgan fingerprint density at radius 2 is 0.625 bits per heavy atom. The SMILES string of the molecule is Cc1nc(C)nc(-c2ccc3c4ccc(-c5nc(C)nc(C)n5)cc4n(-c4cc(-c5cc(C(F)(F)F)cc(C(F)(F)F)c5)c(-n5c6cc(-c7nc(C)nc(C)n7)ccc6c6ccc(-c7nc(C)nc(C)n7)cc65)cc4C#N)c3c2)n1. The highest BCUT2D eigenvalue weighted by atomic mass is 19.4. The average molecular weight is 1070 g/mol. The Balaban J connectivity index is 1.25. The monoisotopic (exact) mass is 1070 g/mol. The molecule has 12 aromatic rings. The summed E-state index contributed by atoms with van der Waals surface area (Å²) in [5.41, 5.74) is 0.634. The fourth-order valence-corrected chi connectivity index (χ4v) is 10.5. The van der Waals surface area contributed by atoms with Crippen LogP contribution in [0, 0.1) is 66.7 Å². The Labute approximate surface area is 450 Å². The molecule has 21 heteroatoms. The standard InChI is InChI=1S/C59H41F6N15/c1-27-67-28(2)72-54(71-27)35-9-13-43-44-14-10-36(55-73-29(3)68-30(4)74-55)20-50(44)79(49(43)19-35)48-25-47(39-17-41(58(60,61)62)24-42(18-39)59(63,64)65)53(23-40(48)26-66)80-51-21-37(56-75-31(5)69-32(6)76-56)11-15-45(51)46-16-12-38(22-52(46)80)57-77-33(7)70-34(8)78-57/h9-25H,1-8H3. The molecular weight excluding hydrogens is 1030 g/mol. The Kier molecular flexibility index (Phi) is 11.8. The lowest BCUT2D eigenvalue weighted by Crippen LogP contribution is -2.11. The van der Waals surface area contributed by atoms with E-state index >= 15 is 26.3 Å². The number of hydrogen-bond donors (Lipinski definition) is 0. The Morgan fingerprint density at radius 1 is 0.338 bits per heavy atom. The molecule has 0 aliphatic rings. The second kappa shape index (κ2) is 18.6. The second-order valence-corrected chi connectivity index (χ2v) is 19.4. The summed E-state index contributed by atoms with van der Waals surface area (Å²) in [7, 11) is 0. The smallest absolute Gasteiger partial charge is 0.309 e. The van der Waals surface area contributed by atoms with Crippen molar-refractivity contribution in [3.63, 3.8) is 0 Å². The first-order chi connectivity index (χ1) is 38.1. The molecule has 0 spiro atoms. The van der Waals surface area contributed by atoms with E-state index in [9.17, 15) is 5.26 Å². The van der Waals surface area contributed by atoms with Gasteiger partial charge in [0.05, 0.1) is 50.1 Å². The van der Waals surface area contributed by atoms with E-state index in [1.165, 1.54) is 12.1 Å². The van der Waals surface area contributed by atoms with Crippen LogP contribution in [-0.2, 0) is 12.4 Å². The molecular formula is C59H41F6N15. The van der Waals surface area contributed by atoms with E-state index in [2.05, 4.69) is 65.9 Å². The number of benzene rings is 6. The predicted molar refractivity (Wildman–Crippen MR) is 288 cm³/mol. The van der Waals surface area contributed by atoms with Gasteiger partial charge in [-0.1, -0.05) is 48.5 Å². The number of alkyl halides is 6. The van der Waals surface area contributed by atoms with Crippen molar-refractivity contribution in [2.45, 2.75) is 67.7 Å². The number of halogens is 6. The van der Waals surface area contributed by atoms with Gasteiger partial charge in [-0.05, 0) is 116 Å². The van der Waals surface area contributed by atoms with E-state index < -0.39 is 29.0 Å².